The molecule has 1 aromatic rings. The Labute approximate surface area is 94.0 Å². The fourth-order valence-electron chi connectivity index (χ4n) is 1.17. The van der Waals surface area contributed by atoms with E-state index in [0.717, 1.165) is 12.2 Å². The zero-order chi connectivity index (χ0) is 12.0. The molecule has 0 saturated carbocycles. The average Bonchev–Trinajstić information content (AvgIpc) is 2.61. The first-order valence-corrected chi connectivity index (χ1v) is 5.19. The van der Waals surface area contributed by atoms with Crippen molar-refractivity contribution < 1.29 is 9.59 Å². The Bertz CT molecular complexity index is 373. The summed E-state index contributed by atoms with van der Waals surface area (Å²) in [5, 5.41) is 4.80. The first-order chi connectivity index (χ1) is 7.63. The number of imide groups is 1. The van der Waals surface area contributed by atoms with Gasteiger partial charge in [0.25, 0.3) is 0 Å². The van der Waals surface area contributed by atoms with Crippen LogP contribution in [0, 0.1) is 6.92 Å². The zero-order valence-electron chi connectivity index (χ0n) is 9.49. The minimum absolute atomic E-state index is 0.103. The second-order valence-corrected chi connectivity index (χ2v) is 3.41. The predicted octanol–water partition coefficient (Wildman–Crippen LogP) is 0.427. The summed E-state index contributed by atoms with van der Waals surface area (Å²) in [4.78, 5) is 26.6. The Kier molecular flexibility index (Phi) is 4.50. The van der Waals surface area contributed by atoms with E-state index in [-0.39, 0.29) is 12.5 Å². The van der Waals surface area contributed by atoms with Crippen molar-refractivity contribution in [2.24, 2.45) is 0 Å². The summed E-state index contributed by atoms with van der Waals surface area (Å²) in [6.07, 6.45) is 4.14. The minimum Gasteiger partial charge on any atom is -0.338 e. The van der Waals surface area contributed by atoms with Gasteiger partial charge in [0.15, 0.2) is 0 Å². The first-order valence-electron chi connectivity index (χ1n) is 5.19. The number of urea groups is 1. The molecule has 0 saturated heterocycles. The van der Waals surface area contributed by atoms with Crippen molar-refractivity contribution in [3.8, 4) is 0 Å². The highest BCUT2D eigenvalue weighted by Crippen LogP contribution is 1.93. The summed E-state index contributed by atoms with van der Waals surface area (Å²) < 4.78 is 1.67. The van der Waals surface area contributed by atoms with Gasteiger partial charge in [0.1, 0.15) is 12.4 Å². The van der Waals surface area contributed by atoms with Gasteiger partial charge in [-0.3, -0.25) is 10.1 Å². The lowest BCUT2D eigenvalue weighted by Gasteiger charge is -2.06. The van der Waals surface area contributed by atoms with E-state index in [4.69, 9.17) is 0 Å². The van der Waals surface area contributed by atoms with E-state index in [2.05, 4.69) is 15.6 Å². The van der Waals surface area contributed by atoms with Gasteiger partial charge in [0.2, 0.25) is 5.91 Å². The molecular formula is C10H16N4O2. The van der Waals surface area contributed by atoms with Crippen LogP contribution in [-0.2, 0) is 11.3 Å². The van der Waals surface area contributed by atoms with Crippen molar-refractivity contribution in [2.75, 3.05) is 6.54 Å². The number of nitrogens with one attached hydrogen (secondary N) is 2. The monoisotopic (exact) mass is 224 g/mol. The van der Waals surface area contributed by atoms with Crippen LogP contribution in [-0.4, -0.2) is 28.0 Å². The molecule has 0 aliphatic heterocycles. The van der Waals surface area contributed by atoms with Crippen LogP contribution < -0.4 is 10.6 Å². The van der Waals surface area contributed by atoms with E-state index in [9.17, 15) is 9.59 Å². The number of hydrogen-bond donors (Lipinski definition) is 2. The number of carbonyl (C=O) groups excluding carboxylic acids is 2. The van der Waals surface area contributed by atoms with E-state index < -0.39 is 6.03 Å². The molecule has 1 rings (SSSR count). The molecule has 1 heterocycles. The number of hydrogen-bond acceptors (Lipinski definition) is 3. The standard InChI is InChI=1S/C10H16N4O2/c1-3-4-12-10(16)13-9(15)7-14-6-5-11-8(14)2/h5-6H,3-4,7H2,1-2H3,(H2,12,13,15,16). The highest BCUT2D eigenvalue weighted by atomic mass is 16.2. The van der Waals surface area contributed by atoms with E-state index >= 15 is 0 Å². The normalized spacial score (nSPS) is 9.88. The van der Waals surface area contributed by atoms with Gasteiger partial charge in [-0.1, -0.05) is 6.92 Å². The van der Waals surface area contributed by atoms with Gasteiger partial charge in [0.05, 0.1) is 0 Å². The number of aryl methyl sites for hydroxylation is 1. The summed E-state index contributed by atoms with van der Waals surface area (Å²) in [6, 6.07) is -0.454. The van der Waals surface area contributed by atoms with Crippen molar-refractivity contribution in [3.63, 3.8) is 0 Å². The molecule has 0 bridgehead atoms. The lowest BCUT2D eigenvalue weighted by molar-refractivity contribution is -0.120. The lowest BCUT2D eigenvalue weighted by atomic mass is 10.5. The van der Waals surface area contributed by atoms with Crippen LogP contribution in [0.2, 0.25) is 0 Å². The van der Waals surface area contributed by atoms with E-state index in [1.807, 2.05) is 6.92 Å². The number of aromatic nitrogens is 2. The van der Waals surface area contributed by atoms with Crippen LogP contribution in [0.5, 0.6) is 0 Å². The molecule has 0 unspecified atom stereocenters. The molecule has 6 heteroatoms. The van der Waals surface area contributed by atoms with Crippen molar-refractivity contribution in [2.45, 2.75) is 26.8 Å². The maximum absolute atomic E-state index is 11.4. The molecule has 0 aliphatic rings. The van der Waals surface area contributed by atoms with E-state index in [1.54, 1.807) is 23.9 Å². The lowest BCUT2D eigenvalue weighted by Crippen LogP contribution is -2.41. The summed E-state index contributed by atoms with van der Waals surface area (Å²) in [6.45, 7) is 4.40. The van der Waals surface area contributed by atoms with Gasteiger partial charge < -0.3 is 9.88 Å². The topological polar surface area (TPSA) is 76.0 Å². The van der Waals surface area contributed by atoms with Crippen molar-refractivity contribution >= 4 is 11.9 Å². The first kappa shape index (κ1) is 12.2. The molecule has 0 aromatic carbocycles. The molecule has 0 atom stereocenters. The number of nitrogens with zero attached hydrogens (tertiary/aromatic N) is 2. The largest absolute Gasteiger partial charge is 0.338 e. The van der Waals surface area contributed by atoms with Gasteiger partial charge >= 0.3 is 6.03 Å². The van der Waals surface area contributed by atoms with Crippen LogP contribution in [0.15, 0.2) is 12.4 Å². The highest BCUT2D eigenvalue weighted by Gasteiger charge is 2.08. The Hall–Kier alpha value is -1.85. The molecule has 0 spiro atoms. The van der Waals surface area contributed by atoms with E-state index in [0.29, 0.717) is 6.54 Å². The van der Waals surface area contributed by atoms with Gasteiger partial charge in [-0.05, 0) is 13.3 Å². The summed E-state index contributed by atoms with van der Waals surface area (Å²) in [5.41, 5.74) is 0. The summed E-state index contributed by atoms with van der Waals surface area (Å²) in [5.74, 6) is 0.388. The zero-order valence-corrected chi connectivity index (χ0v) is 9.49. The van der Waals surface area contributed by atoms with Crippen LogP contribution in [0.3, 0.4) is 0 Å². The predicted molar refractivity (Wildman–Crippen MR) is 58.8 cm³/mol. The molecule has 88 valence electrons. The molecular weight excluding hydrogens is 208 g/mol. The fraction of sp³-hybridized carbons (Fsp3) is 0.500. The minimum atomic E-state index is -0.454. The van der Waals surface area contributed by atoms with Gasteiger partial charge in [0, 0.05) is 18.9 Å². The molecule has 1 aromatic heterocycles. The van der Waals surface area contributed by atoms with Crippen molar-refractivity contribution in [1.29, 1.82) is 0 Å². The van der Waals surface area contributed by atoms with Gasteiger partial charge in [-0.15, -0.1) is 0 Å². The van der Waals surface area contributed by atoms with Gasteiger partial charge in [-0.25, -0.2) is 9.78 Å². The molecule has 0 radical (unpaired) electrons. The Morgan fingerprint density at radius 1 is 1.50 bits per heavy atom. The Balaban J connectivity index is 2.36. The second-order valence-electron chi connectivity index (χ2n) is 3.41. The Morgan fingerprint density at radius 3 is 2.81 bits per heavy atom. The Morgan fingerprint density at radius 2 is 2.25 bits per heavy atom. The second kappa shape index (κ2) is 5.89. The third-order valence-electron chi connectivity index (χ3n) is 2.03. The maximum Gasteiger partial charge on any atom is 0.321 e. The molecule has 3 amide bonds. The number of rotatable bonds is 4. The quantitative estimate of drug-likeness (QED) is 0.778. The number of carbonyl (C=O) groups is 2. The third-order valence-corrected chi connectivity index (χ3v) is 2.03. The maximum atomic E-state index is 11.4. The summed E-state index contributed by atoms with van der Waals surface area (Å²) in [7, 11) is 0. The third kappa shape index (κ3) is 3.72. The average molecular weight is 224 g/mol. The molecule has 0 fully saturated rings. The fourth-order valence-corrected chi connectivity index (χ4v) is 1.17. The van der Waals surface area contributed by atoms with Crippen molar-refractivity contribution in [1.82, 2.24) is 20.2 Å². The molecule has 0 aliphatic carbocycles. The van der Waals surface area contributed by atoms with Crippen LogP contribution in [0.4, 0.5) is 4.79 Å². The molecule has 2 N–H and O–H groups in total. The van der Waals surface area contributed by atoms with Crippen LogP contribution in [0.25, 0.3) is 0 Å². The van der Waals surface area contributed by atoms with E-state index in [1.165, 1.54) is 0 Å². The molecule has 16 heavy (non-hydrogen) atoms. The van der Waals surface area contributed by atoms with Gasteiger partial charge in [-0.2, -0.15) is 0 Å². The number of amides is 3. The number of imidazole rings is 1. The smallest absolute Gasteiger partial charge is 0.321 e. The van der Waals surface area contributed by atoms with Crippen molar-refractivity contribution in [3.05, 3.63) is 18.2 Å². The highest BCUT2D eigenvalue weighted by molar-refractivity contribution is 5.94. The summed E-state index contributed by atoms with van der Waals surface area (Å²) >= 11 is 0. The SMILES string of the molecule is CCCNC(=O)NC(=O)Cn1ccnc1C. The van der Waals surface area contributed by atoms with Crippen LogP contribution >= 0.6 is 0 Å². The molecule has 6 nitrogen and oxygen atoms in total. The van der Waals surface area contributed by atoms with Crippen LogP contribution in [0.1, 0.15) is 19.2 Å².